The lowest BCUT2D eigenvalue weighted by Crippen LogP contribution is -2.45. The Labute approximate surface area is 146 Å². The van der Waals surface area contributed by atoms with Crippen molar-refractivity contribution in [1.82, 2.24) is 9.80 Å². The number of likely N-dealkylation sites (tertiary alicyclic amines) is 2. The lowest BCUT2D eigenvalue weighted by atomic mass is 9.94. The van der Waals surface area contributed by atoms with Crippen molar-refractivity contribution in [3.05, 3.63) is 34.3 Å². The summed E-state index contributed by atoms with van der Waals surface area (Å²) in [4.78, 5) is 29.0. The molecule has 0 radical (unpaired) electrons. The van der Waals surface area contributed by atoms with Crippen LogP contribution in [0.2, 0.25) is 0 Å². The Morgan fingerprint density at radius 1 is 0.870 bits per heavy atom. The van der Waals surface area contributed by atoms with Crippen LogP contribution in [0.15, 0.2) is 28.7 Å². The Balaban J connectivity index is 1.54. The van der Waals surface area contributed by atoms with Crippen LogP contribution in [0.3, 0.4) is 0 Å². The van der Waals surface area contributed by atoms with Gasteiger partial charge in [-0.2, -0.15) is 0 Å². The van der Waals surface area contributed by atoms with Crippen molar-refractivity contribution in [3.8, 4) is 0 Å². The van der Waals surface area contributed by atoms with Gasteiger partial charge in [0.15, 0.2) is 0 Å². The molecule has 0 spiro atoms. The van der Waals surface area contributed by atoms with E-state index in [0.717, 1.165) is 43.2 Å². The van der Waals surface area contributed by atoms with E-state index < -0.39 is 0 Å². The monoisotopic (exact) mass is 378 g/mol. The summed E-state index contributed by atoms with van der Waals surface area (Å²) in [5, 5.41) is 0. The van der Waals surface area contributed by atoms with Crippen LogP contribution >= 0.6 is 15.9 Å². The molecule has 4 nitrogen and oxygen atoms in total. The molecular weight excluding hydrogens is 356 g/mol. The third-order valence-electron chi connectivity index (χ3n) is 4.89. The summed E-state index contributed by atoms with van der Waals surface area (Å²) in [6, 6.07) is 7.47. The molecule has 0 N–H and O–H groups in total. The van der Waals surface area contributed by atoms with Crippen molar-refractivity contribution >= 4 is 27.7 Å². The van der Waals surface area contributed by atoms with Crippen molar-refractivity contribution in [3.63, 3.8) is 0 Å². The first-order valence-corrected chi connectivity index (χ1v) is 9.28. The SMILES string of the molecule is O=C(c1ccc(Br)cc1)N1CCC(C(=O)N2CCCCC2)CC1. The number of nitrogens with zero attached hydrogens (tertiary/aromatic N) is 2. The second-order valence-electron chi connectivity index (χ2n) is 6.46. The average Bonchev–Trinajstić information content (AvgIpc) is 2.62. The topological polar surface area (TPSA) is 40.6 Å². The zero-order chi connectivity index (χ0) is 16.2. The largest absolute Gasteiger partial charge is 0.342 e. The predicted octanol–water partition coefficient (Wildman–Crippen LogP) is 3.31. The fourth-order valence-corrected chi connectivity index (χ4v) is 3.74. The van der Waals surface area contributed by atoms with Crippen molar-refractivity contribution in [1.29, 1.82) is 0 Å². The van der Waals surface area contributed by atoms with Gasteiger partial charge in [0.25, 0.3) is 5.91 Å². The van der Waals surface area contributed by atoms with E-state index in [2.05, 4.69) is 15.9 Å². The molecule has 0 aliphatic carbocycles. The van der Waals surface area contributed by atoms with Crippen molar-refractivity contribution in [2.45, 2.75) is 32.1 Å². The van der Waals surface area contributed by atoms with Crippen LogP contribution in [0.4, 0.5) is 0 Å². The molecule has 0 unspecified atom stereocenters. The zero-order valence-electron chi connectivity index (χ0n) is 13.3. The number of hydrogen-bond acceptors (Lipinski definition) is 2. The van der Waals surface area contributed by atoms with Gasteiger partial charge in [-0.1, -0.05) is 15.9 Å². The summed E-state index contributed by atoms with van der Waals surface area (Å²) < 4.78 is 0.972. The number of benzene rings is 1. The Morgan fingerprint density at radius 3 is 2.09 bits per heavy atom. The van der Waals surface area contributed by atoms with E-state index in [9.17, 15) is 9.59 Å². The fraction of sp³-hybridized carbons (Fsp3) is 0.556. The maximum atomic E-state index is 12.6. The van der Waals surface area contributed by atoms with Crippen LogP contribution < -0.4 is 0 Å². The Hall–Kier alpha value is -1.36. The Bertz CT molecular complexity index is 559. The van der Waals surface area contributed by atoms with Gasteiger partial charge in [0, 0.05) is 42.1 Å². The minimum atomic E-state index is 0.0707. The molecule has 2 aliphatic rings. The average molecular weight is 379 g/mol. The molecule has 0 atom stereocenters. The molecule has 3 rings (SSSR count). The molecule has 1 aromatic rings. The van der Waals surface area contributed by atoms with E-state index in [0.29, 0.717) is 24.6 Å². The van der Waals surface area contributed by atoms with E-state index >= 15 is 0 Å². The van der Waals surface area contributed by atoms with Crippen LogP contribution in [0, 0.1) is 5.92 Å². The number of carbonyl (C=O) groups excluding carboxylic acids is 2. The molecule has 2 heterocycles. The normalized spacial score (nSPS) is 19.7. The highest BCUT2D eigenvalue weighted by atomic mass is 79.9. The van der Waals surface area contributed by atoms with E-state index in [1.54, 1.807) is 0 Å². The van der Waals surface area contributed by atoms with Gasteiger partial charge in [-0.15, -0.1) is 0 Å². The fourth-order valence-electron chi connectivity index (χ4n) is 3.48. The predicted molar refractivity (Wildman–Crippen MR) is 93.2 cm³/mol. The lowest BCUT2D eigenvalue weighted by Gasteiger charge is -2.35. The number of halogens is 1. The maximum absolute atomic E-state index is 12.6. The van der Waals surface area contributed by atoms with Gasteiger partial charge in [0.1, 0.15) is 0 Å². The molecule has 2 fully saturated rings. The number of piperidine rings is 2. The molecule has 0 bridgehead atoms. The second kappa shape index (κ2) is 7.47. The molecule has 23 heavy (non-hydrogen) atoms. The molecule has 2 amide bonds. The minimum absolute atomic E-state index is 0.0707. The highest BCUT2D eigenvalue weighted by Gasteiger charge is 2.30. The highest BCUT2D eigenvalue weighted by Crippen LogP contribution is 2.23. The standard InChI is InChI=1S/C18H23BrN2O2/c19-16-6-4-14(5-7-16)17(22)21-12-8-15(9-13-21)18(23)20-10-2-1-3-11-20/h4-7,15H,1-3,8-13H2. The van der Waals surface area contributed by atoms with Crippen molar-refractivity contribution in [2.24, 2.45) is 5.92 Å². The molecule has 2 saturated heterocycles. The Morgan fingerprint density at radius 2 is 1.48 bits per heavy atom. The van der Waals surface area contributed by atoms with Gasteiger partial charge in [0.05, 0.1) is 0 Å². The van der Waals surface area contributed by atoms with Gasteiger partial charge in [-0.25, -0.2) is 0 Å². The van der Waals surface area contributed by atoms with Crippen LogP contribution in [-0.4, -0.2) is 47.8 Å². The summed E-state index contributed by atoms with van der Waals surface area (Å²) in [6.45, 7) is 3.19. The van der Waals surface area contributed by atoms with Gasteiger partial charge < -0.3 is 9.80 Å². The third-order valence-corrected chi connectivity index (χ3v) is 5.42. The van der Waals surface area contributed by atoms with Crippen LogP contribution in [-0.2, 0) is 4.79 Å². The molecule has 1 aromatic carbocycles. The lowest BCUT2D eigenvalue weighted by molar-refractivity contribution is -0.137. The number of rotatable bonds is 2. The third kappa shape index (κ3) is 3.94. The first-order valence-electron chi connectivity index (χ1n) is 8.49. The van der Waals surface area contributed by atoms with Crippen molar-refractivity contribution in [2.75, 3.05) is 26.2 Å². The van der Waals surface area contributed by atoms with Gasteiger partial charge in [-0.3, -0.25) is 9.59 Å². The Kier molecular flexibility index (Phi) is 5.36. The van der Waals surface area contributed by atoms with E-state index in [-0.39, 0.29) is 11.8 Å². The zero-order valence-corrected chi connectivity index (χ0v) is 14.9. The van der Waals surface area contributed by atoms with Crippen molar-refractivity contribution < 1.29 is 9.59 Å². The minimum Gasteiger partial charge on any atom is -0.342 e. The van der Waals surface area contributed by atoms with Crippen LogP contribution in [0.25, 0.3) is 0 Å². The molecule has 0 aromatic heterocycles. The quantitative estimate of drug-likeness (QED) is 0.791. The van der Waals surface area contributed by atoms with Crippen LogP contribution in [0.5, 0.6) is 0 Å². The summed E-state index contributed by atoms with van der Waals surface area (Å²) in [7, 11) is 0. The van der Waals surface area contributed by atoms with Gasteiger partial charge in [0.2, 0.25) is 5.91 Å². The van der Waals surface area contributed by atoms with Crippen LogP contribution in [0.1, 0.15) is 42.5 Å². The molecule has 2 aliphatic heterocycles. The first-order chi connectivity index (χ1) is 11.1. The summed E-state index contributed by atoms with van der Waals surface area (Å²) >= 11 is 3.39. The molecule has 0 saturated carbocycles. The summed E-state index contributed by atoms with van der Waals surface area (Å²) in [5.41, 5.74) is 0.717. The first kappa shape index (κ1) is 16.5. The number of hydrogen-bond donors (Lipinski definition) is 0. The number of carbonyl (C=O) groups is 2. The van der Waals surface area contributed by atoms with E-state index in [4.69, 9.17) is 0 Å². The molecule has 124 valence electrons. The van der Waals surface area contributed by atoms with E-state index in [1.165, 1.54) is 6.42 Å². The van der Waals surface area contributed by atoms with E-state index in [1.807, 2.05) is 34.1 Å². The second-order valence-corrected chi connectivity index (χ2v) is 7.37. The maximum Gasteiger partial charge on any atom is 0.253 e. The summed E-state index contributed by atoms with van der Waals surface area (Å²) in [5.74, 6) is 0.476. The summed E-state index contributed by atoms with van der Waals surface area (Å²) in [6.07, 6.45) is 5.08. The molecule has 5 heteroatoms. The van der Waals surface area contributed by atoms with Gasteiger partial charge >= 0.3 is 0 Å². The smallest absolute Gasteiger partial charge is 0.253 e. The molecular formula is C18H23BrN2O2. The van der Waals surface area contributed by atoms with Gasteiger partial charge in [-0.05, 0) is 56.4 Å². The number of amides is 2. The highest BCUT2D eigenvalue weighted by molar-refractivity contribution is 9.10.